The lowest BCUT2D eigenvalue weighted by Crippen LogP contribution is -2.06. The van der Waals surface area contributed by atoms with Crippen LogP contribution in [-0.2, 0) is 6.54 Å². The first-order valence-corrected chi connectivity index (χ1v) is 9.96. The number of hydrogen-bond donors (Lipinski definition) is 2. The quantitative estimate of drug-likeness (QED) is 0.268. The number of hydrogen-bond acceptors (Lipinski definition) is 7. The lowest BCUT2D eigenvalue weighted by molar-refractivity contribution is 1.07. The molecule has 0 aliphatic carbocycles. The highest BCUT2D eigenvalue weighted by Gasteiger charge is 2.14. The number of nitrogens with one attached hydrogen (secondary N) is 1. The Morgan fingerprint density at radius 2 is 1.78 bits per heavy atom. The smallest absolute Gasteiger partial charge is 0.215 e. The van der Waals surface area contributed by atoms with E-state index in [-0.39, 0.29) is 17.2 Å². The number of azo groups is 1. The average molecular weight is 441 g/mol. The second-order valence-electron chi connectivity index (χ2n) is 6.65. The van der Waals surface area contributed by atoms with Crippen LogP contribution in [0.1, 0.15) is 5.56 Å². The SMILES string of the molecule is [C-]#[N+]c1cc(Cl)ccc1N=Nc1c(N)nc(-c2ccncc2)nc1NCc1ccccc1. The Kier molecular flexibility index (Phi) is 6.30. The molecule has 0 atom stereocenters. The number of anilines is 2. The third-order valence-corrected chi connectivity index (χ3v) is 4.70. The minimum atomic E-state index is 0.157. The zero-order valence-electron chi connectivity index (χ0n) is 16.8. The molecule has 0 aliphatic rings. The van der Waals surface area contributed by atoms with Gasteiger partial charge in [-0.05, 0) is 35.9 Å². The summed E-state index contributed by atoms with van der Waals surface area (Å²) >= 11 is 5.97. The van der Waals surface area contributed by atoms with Gasteiger partial charge in [0, 0.05) is 29.5 Å². The van der Waals surface area contributed by atoms with Crippen LogP contribution in [0.15, 0.2) is 83.3 Å². The molecule has 0 unspecified atom stereocenters. The molecule has 32 heavy (non-hydrogen) atoms. The van der Waals surface area contributed by atoms with Crippen molar-refractivity contribution in [2.24, 2.45) is 10.2 Å². The van der Waals surface area contributed by atoms with Gasteiger partial charge in [-0.25, -0.2) is 14.8 Å². The van der Waals surface area contributed by atoms with Crippen molar-refractivity contribution in [1.29, 1.82) is 0 Å². The van der Waals surface area contributed by atoms with E-state index in [9.17, 15) is 0 Å². The van der Waals surface area contributed by atoms with Crippen LogP contribution in [-0.4, -0.2) is 15.0 Å². The Hall–Kier alpha value is -4.35. The molecule has 156 valence electrons. The molecule has 4 aromatic rings. The van der Waals surface area contributed by atoms with Crippen LogP contribution in [0.3, 0.4) is 0 Å². The van der Waals surface area contributed by atoms with E-state index in [2.05, 4.69) is 35.3 Å². The average Bonchev–Trinajstić information content (AvgIpc) is 2.83. The summed E-state index contributed by atoms with van der Waals surface area (Å²) in [7, 11) is 0. The van der Waals surface area contributed by atoms with Crippen molar-refractivity contribution in [2.45, 2.75) is 6.54 Å². The van der Waals surface area contributed by atoms with Gasteiger partial charge in [0.05, 0.1) is 12.3 Å². The number of aromatic nitrogens is 3. The molecular weight excluding hydrogens is 424 g/mol. The molecule has 2 aromatic heterocycles. The van der Waals surface area contributed by atoms with E-state index in [1.54, 1.807) is 36.7 Å². The largest absolute Gasteiger partial charge is 0.382 e. The van der Waals surface area contributed by atoms with Gasteiger partial charge in [-0.1, -0.05) is 41.9 Å². The van der Waals surface area contributed by atoms with Crippen LogP contribution in [0.25, 0.3) is 16.2 Å². The van der Waals surface area contributed by atoms with Gasteiger partial charge in [-0.2, -0.15) is 5.11 Å². The summed E-state index contributed by atoms with van der Waals surface area (Å²) in [5.41, 5.74) is 9.01. The zero-order chi connectivity index (χ0) is 22.3. The summed E-state index contributed by atoms with van der Waals surface area (Å²) in [6, 6.07) is 18.3. The second kappa shape index (κ2) is 9.64. The van der Waals surface area contributed by atoms with Gasteiger partial charge in [-0.3, -0.25) is 4.98 Å². The third kappa shape index (κ3) is 4.86. The summed E-state index contributed by atoms with van der Waals surface area (Å²) in [5, 5.41) is 12.2. The monoisotopic (exact) mass is 440 g/mol. The Morgan fingerprint density at radius 3 is 2.53 bits per heavy atom. The molecule has 4 rings (SSSR count). The molecular formula is C23H17ClN8. The molecule has 0 saturated carbocycles. The third-order valence-electron chi connectivity index (χ3n) is 4.47. The molecule has 2 aromatic carbocycles. The highest BCUT2D eigenvalue weighted by molar-refractivity contribution is 6.31. The highest BCUT2D eigenvalue weighted by Crippen LogP contribution is 2.36. The number of nitrogens with two attached hydrogens (primary N) is 1. The van der Waals surface area contributed by atoms with Crippen LogP contribution in [0.2, 0.25) is 5.02 Å². The van der Waals surface area contributed by atoms with Gasteiger partial charge in [0.15, 0.2) is 23.1 Å². The lowest BCUT2D eigenvalue weighted by atomic mass is 10.2. The van der Waals surface area contributed by atoms with Gasteiger partial charge < -0.3 is 11.1 Å². The van der Waals surface area contributed by atoms with Crippen molar-refractivity contribution in [2.75, 3.05) is 11.1 Å². The van der Waals surface area contributed by atoms with Crippen molar-refractivity contribution in [3.05, 3.63) is 95.1 Å². The summed E-state index contributed by atoms with van der Waals surface area (Å²) in [5.74, 6) is 1.02. The van der Waals surface area contributed by atoms with Crippen LogP contribution in [0.5, 0.6) is 0 Å². The van der Waals surface area contributed by atoms with Crippen LogP contribution >= 0.6 is 11.6 Å². The van der Waals surface area contributed by atoms with Crippen LogP contribution in [0.4, 0.5) is 28.7 Å². The minimum absolute atomic E-state index is 0.157. The van der Waals surface area contributed by atoms with Crippen LogP contribution < -0.4 is 11.1 Å². The van der Waals surface area contributed by atoms with Gasteiger partial charge >= 0.3 is 0 Å². The summed E-state index contributed by atoms with van der Waals surface area (Å²) in [6.45, 7) is 7.83. The molecule has 0 radical (unpaired) electrons. The fourth-order valence-corrected chi connectivity index (χ4v) is 3.05. The lowest BCUT2D eigenvalue weighted by Gasteiger charge is -2.12. The minimum Gasteiger partial charge on any atom is -0.382 e. The molecule has 2 heterocycles. The summed E-state index contributed by atoms with van der Waals surface area (Å²) in [6.07, 6.45) is 3.32. The summed E-state index contributed by atoms with van der Waals surface area (Å²) in [4.78, 5) is 16.5. The number of halogens is 1. The topological polar surface area (TPSA) is 106 Å². The molecule has 8 nitrogen and oxygen atoms in total. The fraction of sp³-hybridized carbons (Fsp3) is 0.0435. The van der Waals surface area contributed by atoms with Crippen molar-refractivity contribution in [1.82, 2.24) is 15.0 Å². The van der Waals surface area contributed by atoms with Gasteiger partial charge in [0.25, 0.3) is 0 Å². The molecule has 0 bridgehead atoms. The number of benzene rings is 2. The van der Waals surface area contributed by atoms with Crippen LogP contribution in [0, 0.1) is 6.57 Å². The number of rotatable bonds is 6. The first kappa shape index (κ1) is 20.9. The van der Waals surface area contributed by atoms with E-state index in [0.717, 1.165) is 11.1 Å². The van der Waals surface area contributed by atoms with E-state index in [1.807, 2.05) is 30.3 Å². The van der Waals surface area contributed by atoms with Gasteiger partial charge in [0.1, 0.15) is 0 Å². The highest BCUT2D eigenvalue weighted by atomic mass is 35.5. The van der Waals surface area contributed by atoms with Crippen molar-refractivity contribution < 1.29 is 0 Å². The van der Waals surface area contributed by atoms with E-state index in [4.69, 9.17) is 23.9 Å². The van der Waals surface area contributed by atoms with Crippen molar-refractivity contribution in [3.63, 3.8) is 0 Å². The van der Waals surface area contributed by atoms with Crippen molar-refractivity contribution in [3.8, 4) is 11.4 Å². The van der Waals surface area contributed by atoms with E-state index in [1.165, 1.54) is 6.07 Å². The van der Waals surface area contributed by atoms with E-state index < -0.39 is 0 Å². The Morgan fingerprint density at radius 1 is 1.00 bits per heavy atom. The molecule has 3 N–H and O–H groups in total. The van der Waals surface area contributed by atoms with Crippen molar-refractivity contribution >= 4 is 40.3 Å². The Balaban J connectivity index is 1.74. The second-order valence-corrected chi connectivity index (χ2v) is 7.09. The number of nitrogen functional groups attached to an aromatic ring is 1. The standard InChI is InChI=1S/C23H17ClN8/c1-26-19-13-17(24)7-8-18(19)31-32-20-21(25)29-22(16-9-11-27-12-10-16)30-23(20)28-14-15-5-3-2-4-6-15/h2-13H,14H2,(H3,25,28,29,30). The molecule has 0 saturated heterocycles. The Labute approximate surface area is 189 Å². The fourth-order valence-electron chi connectivity index (χ4n) is 2.88. The molecule has 0 aliphatic heterocycles. The molecule has 9 heteroatoms. The molecule has 0 fully saturated rings. The predicted molar refractivity (Wildman–Crippen MR) is 125 cm³/mol. The maximum atomic E-state index is 7.33. The Bertz CT molecular complexity index is 1300. The first-order valence-electron chi connectivity index (χ1n) is 9.58. The maximum absolute atomic E-state index is 7.33. The van der Waals surface area contributed by atoms with Gasteiger partial charge in [0.2, 0.25) is 5.69 Å². The maximum Gasteiger partial charge on any atom is 0.215 e. The summed E-state index contributed by atoms with van der Waals surface area (Å²) < 4.78 is 0. The van der Waals surface area contributed by atoms with Gasteiger partial charge in [-0.15, -0.1) is 5.11 Å². The zero-order valence-corrected chi connectivity index (χ0v) is 17.5. The van der Waals surface area contributed by atoms with E-state index >= 15 is 0 Å². The number of nitrogens with zero attached hydrogens (tertiary/aromatic N) is 6. The molecule has 0 spiro atoms. The first-order chi connectivity index (χ1) is 15.6. The molecule has 0 amide bonds. The normalized spacial score (nSPS) is 10.8. The van der Waals surface area contributed by atoms with E-state index in [0.29, 0.717) is 28.9 Å². The predicted octanol–water partition coefficient (Wildman–Crippen LogP) is 6.35. The number of pyridine rings is 1.